The van der Waals surface area contributed by atoms with Crippen molar-refractivity contribution in [2.24, 2.45) is 0 Å². The lowest BCUT2D eigenvalue weighted by atomic mass is 10.1. The highest BCUT2D eigenvalue weighted by Gasteiger charge is 2.17. The number of aryl methyl sites for hydroxylation is 1. The monoisotopic (exact) mass is 307 g/mol. The van der Waals surface area contributed by atoms with Gasteiger partial charge in [-0.1, -0.05) is 18.2 Å². The number of hydrogen-bond acceptors (Lipinski definition) is 2. The lowest BCUT2D eigenvalue weighted by Gasteiger charge is -2.14. The van der Waals surface area contributed by atoms with E-state index >= 15 is 0 Å². The minimum absolute atomic E-state index is 0.0943. The third-order valence-corrected chi connectivity index (χ3v) is 4.13. The average Bonchev–Trinajstić information content (AvgIpc) is 2.82. The van der Waals surface area contributed by atoms with Crippen LogP contribution in [-0.4, -0.2) is 15.5 Å². The maximum atomic E-state index is 12.7. The molecule has 0 unspecified atom stereocenters. The number of amides is 1. The molecule has 0 spiro atoms. The molecule has 23 heavy (non-hydrogen) atoms. The van der Waals surface area contributed by atoms with Gasteiger partial charge in [-0.3, -0.25) is 9.78 Å². The van der Waals surface area contributed by atoms with Crippen molar-refractivity contribution in [1.29, 1.82) is 0 Å². The van der Waals surface area contributed by atoms with E-state index in [1.165, 1.54) is 0 Å². The van der Waals surface area contributed by atoms with Crippen LogP contribution < -0.4 is 5.32 Å². The highest BCUT2D eigenvalue weighted by Crippen LogP contribution is 2.24. The quantitative estimate of drug-likeness (QED) is 0.775. The van der Waals surface area contributed by atoms with Crippen LogP contribution in [0.2, 0.25) is 0 Å². The third-order valence-electron chi connectivity index (χ3n) is 4.13. The SMILES string of the molecule is Cc1cc(C(=O)Nc2cccc3cccnc23)c(C)n1C(C)C. The molecule has 118 valence electrons. The molecule has 1 aromatic carbocycles. The Bertz CT molecular complexity index is 872. The number of aromatic nitrogens is 2. The largest absolute Gasteiger partial charge is 0.346 e. The van der Waals surface area contributed by atoms with Crippen LogP contribution in [0.5, 0.6) is 0 Å². The van der Waals surface area contributed by atoms with Gasteiger partial charge in [0.1, 0.15) is 0 Å². The number of rotatable bonds is 3. The number of nitrogens with zero attached hydrogens (tertiary/aromatic N) is 2. The normalized spacial score (nSPS) is 11.2. The van der Waals surface area contributed by atoms with Gasteiger partial charge in [0, 0.05) is 29.0 Å². The first-order chi connectivity index (χ1) is 11.0. The molecule has 1 amide bonds. The Morgan fingerprint density at radius 2 is 1.91 bits per heavy atom. The first kappa shape index (κ1) is 15.3. The van der Waals surface area contributed by atoms with E-state index in [0.717, 1.165) is 28.0 Å². The second-order valence-corrected chi connectivity index (χ2v) is 6.08. The van der Waals surface area contributed by atoms with Crippen LogP contribution in [0, 0.1) is 13.8 Å². The number of nitrogens with one attached hydrogen (secondary N) is 1. The van der Waals surface area contributed by atoms with Gasteiger partial charge in [0.2, 0.25) is 0 Å². The molecule has 0 aliphatic carbocycles. The van der Waals surface area contributed by atoms with Crippen molar-refractivity contribution in [3.05, 3.63) is 59.5 Å². The number of benzene rings is 1. The predicted octanol–water partition coefficient (Wildman–Crippen LogP) is 4.49. The fraction of sp³-hybridized carbons (Fsp3) is 0.263. The van der Waals surface area contributed by atoms with Crippen molar-refractivity contribution in [3.8, 4) is 0 Å². The predicted molar refractivity (Wildman–Crippen MR) is 94.0 cm³/mol. The van der Waals surface area contributed by atoms with E-state index in [1.807, 2.05) is 50.2 Å². The van der Waals surface area contributed by atoms with Crippen LogP contribution >= 0.6 is 0 Å². The molecule has 4 nitrogen and oxygen atoms in total. The molecule has 0 aliphatic rings. The zero-order chi connectivity index (χ0) is 16.6. The summed E-state index contributed by atoms with van der Waals surface area (Å²) in [5.41, 5.74) is 4.34. The lowest BCUT2D eigenvalue weighted by Crippen LogP contribution is -2.14. The molecule has 1 N–H and O–H groups in total. The Morgan fingerprint density at radius 3 is 2.61 bits per heavy atom. The molecule has 0 saturated heterocycles. The first-order valence-electron chi connectivity index (χ1n) is 7.82. The van der Waals surface area contributed by atoms with Crippen molar-refractivity contribution < 1.29 is 4.79 Å². The number of carbonyl (C=O) groups is 1. The fourth-order valence-electron chi connectivity index (χ4n) is 3.20. The van der Waals surface area contributed by atoms with Crippen LogP contribution in [0.3, 0.4) is 0 Å². The van der Waals surface area contributed by atoms with E-state index in [2.05, 4.69) is 28.7 Å². The topological polar surface area (TPSA) is 46.9 Å². The van der Waals surface area contributed by atoms with Crippen LogP contribution in [0.1, 0.15) is 41.6 Å². The molecule has 3 rings (SSSR count). The third kappa shape index (κ3) is 2.72. The molecule has 0 aliphatic heterocycles. The summed E-state index contributed by atoms with van der Waals surface area (Å²) in [6.45, 7) is 8.26. The van der Waals surface area contributed by atoms with Crippen molar-refractivity contribution in [2.45, 2.75) is 33.7 Å². The van der Waals surface area contributed by atoms with Gasteiger partial charge in [-0.25, -0.2) is 0 Å². The second-order valence-electron chi connectivity index (χ2n) is 6.08. The summed E-state index contributed by atoms with van der Waals surface area (Å²) in [4.78, 5) is 17.1. The summed E-state index contributed by atoms with van der Waals surface area (Å²) in [6, 6.07) is 12.0. The van der Waals surface area contributed by atoms with Crippen LogP contribution in [0.4, 0.5) is 5.69 Å². The molecular weight excluding hydrogens is 286 g/mol. The van der Waals surface area contributed by atoms with Crippen LogP contribution in [-0.2, 0) is 0 Å². The number of para-hydroxylation sites is 1. The van der Waals surface area contributed by atoms with Gasteiger partial charge < -0.3 is 9.88 Å². The summed E-state index contributed by atoms with van der Waals surface area (Å²) in [7, 11) is 0. The van der Waals surface area contributed by atoms with Gasteiger partial charge in [-0.15, -0.1) is 0 Å². The minimum atomic E-state index is -0.0943. The summed E-state index contributed by atoms with van der Waals surface area (Å²) in [5, 5.41) is 4.02. The second kappa shape index (κ2) is 5.88. The van der Waals surface area contributed by atoms with E-state index < -0.39 is 0 Å². The number of carbonyl (C=O) groups excluding carboxylic acids is 1. The maximum Gasteiger partial charge on any atom is 0.257 e. The summed E-state index contributed by atoms with van der Waals surface area (Å²) < 4.78 is 2.18. The van der Waals surface area contributed by atoms with Crippen molar-refractivity contribution >= 4 is 22.5 Å². The zero-order valence-corrected chi connectivity index (χ0v) is 13.9. The standard InChI is InChI=1S/C19H21N3O/c1-12(2)22-13(3)11-16(14(22)4)19(23)21-17-9-5-7-15-8-6-10-20-18(15)17/h5-12H,1-4H3,(H,21,23). The smallest absolute Gasteiger partial charge is 0.257 e. The van der Waals surface area contributed by atoms with E-state index in [-0.39, 0.29) is 5.91 Å². The minimum Gasteiger partial charge on any atom is -0.346 e. The van der Waals surface area contributed by atoms with Gasteiger partial charge in [0.15, 0.2) is 0 Å². The summed E-state index contributed by atoms with van der Waals surface area (Å²) in [5.74, 6) is -0.0943. The molecule has 2 aromatic heterocycles. The van der Waals surface area contributed by atoms with E-state index in [9.17, 15) is 4.79 Å². The Hall–Kier alpha value is -2.62. The Morgan fingerprint density at radius 1 is 1.17 bits per heavy atom. The van der Waals surface area contributed by atoms with Crippen LogP contribution in [0.25, 0.3) is 10.9 Å². The molecule has 3 aromatic rings. The van der Waals surface area contributed by atoms with Gasteiger partial charge >= 0.3 is 0 Å². The van der Waals surface area contributed by atoms with Crippen molar-refractivity contribution in [1.82, 2.24) is 9.55 Å². The molecule has 0 bridgehead atoms. The van der Waals surface area contributed by atoms with Gasteiger partial charge in [0.05, 0.1) is 16.8 Å². The molecule has 0 atom stereocenters. The number of fused-ring (bicyclic) bond motifs is 1. The first-order valence-corrected chi connectivity index (χ1v) is 7.82. The highest BCUT2D eigenvalue weighted by molar-refractivity contribution is 6.09. The molecule has 0 saturated carbocycles. The van der Waals surface area contributed by atoms with Gasteiger partial charge in [-0.05, 0) is 45.9 Å². The van der Waals surface area contributed by atoms with Crippen LogP contribution in [0.15, 0.2) is 42.6 Å². The Balaban J connectivity index is 1.97. The zero-order valence-electron chi connectivity index (χ0n) is 13.9. The Kier molecular flexibility index (Phi) is 3.90. The van der Waals surface area contributed by atoms with Crippen molar-refractivity contribution in [2.75, 3.05) is 5.32 Å². The Labute approximate surface area is 136 Å². The van der Waals surface area contributed by atoms with Gasteiger partial charge in [-0.2, -0.15) is 0 Å². The molecule has 0 radical (unpaired) electrons. The molecule has 2 heterocycles. The van der Waals surface area contributed by atoms with E-state index in [4.69, 9.17) is 0 Å². The average molecular weight is 307 g/mol. The van der Waals surface area contributed by atoms with Crippen molar-refractivity contribution in [3.63, 3.8) is 0 Å². The lowest BCUT2D eigenvalue weighted by molar-refractivity contribution is 0.102. The molecule has 0 fully saturated rings. The highest BCUT2D eigenvalue weighted by atomic mass is 16.1. The summed E-state index contributed by atoms with van der Waals surface area (Å²) >= 11 is 0. The number of pyridine rings is 1. The summed E-state index contributed by atoms with van der Waals surface area (Å²) in [6.07, 6.45) is 1.74. The molecule has 4 heteroatoms. The fourth-order valence-corrected chi connectivity index (χ4v) is 3.20. The number of anilines is 1. The van der Waals surface area contributed by atoms with E-state index in [1.54, 1.807) is 6.20 Å². The number of hydrogen-bond donors (Lipinski definition) is 1. The van der Waals surface area contributed by atoms with E-state index in [0.29, 0.717) is 11.6 Å². The molecular formula is C19H21N3O. The van der Waals surface area contributed by atoms with Gasteiger partial charge in [0.25, 0.3) is 5.91 Å². The maximum absolute atomic E-state index is 12.7.